The molecule has 1 heterocycles. The van der Waals surface area contributed by atoms with Gasteiger partial charge in [0.05, 0.1) is 13.2 Å². The number of nitrogens with one attached hydrogen (secondary N) is 1. The van der Waals surface area contributed by atoms with E-state index in [2.05, 4.69) is 10.3 Å². The van der Waals surface area contributed by atoms with Gasteiger partial charge in [-0.3, -0.25) is 4.79 Å². The number of rotatable bonds is 7. The van der Waals surface area contributed by atoms with E-state index in [0.29, 0.717) is 23.1 Å². The van der Waals surface area contributed by atoms with E-state index in [-0.39, 0.29) is 12.5 Å². The van der Waals surface area contributed by atoms with Crippen LogP contribution in [0.25, 0.3) is 0 Å². The maximum atomic E-state index is 12.5. The standard InChI is InChI=1S/C18H21ClN2O3/c1-4-24-17-15(9-6-10-20-17)16(22)21-12-18(2,23-3)13-7-5-8-14(19)11-13/h5-11H,4,12H2,1-3H3,(H,21,22). The Morgan fingerprint density at radius 1 is 1.33 bits per heavy atom. The zero-order valence-corrected chi connectivity index (χ0v) is 14.8. The monoisotopic (exact) mass is 348 g/mol. The van der Waals surface area contributed by atoms with Gasteiger partial charge < -0.3 is 14.8 Å². The van der Waals surface area contributed by atoms with Crippen molar-refractivity contribution in [1.82, 2.24) is 10.3 Å². The molecule has 0 bridgehead atoms. The van der Waals surface area contributed by atoms with E-state index in [0.717, 1.165) is 5.56 Å². The molecule has 0 aliphatic rings. The van der Waals surface area contributed by atoms with Crippen molar-refractivity contribution < 1.29 is 14.3 Å². The van der Waals surface area contributed by atoms with Gasteiger partial charge in [0.25, 0.3) is 5.91 Å². The third-order valence-electron chi connectivity index (χ3n) is 3.77. The lowest BCUT2D eigenvalue weighted by Gasteiger charge is -2.29. The molecule has 1 unspecified atom stereocenters. The van der Waals surface area contributed by atoms with Crippen LogP contribution in [0.5, 0.6) is 5.88 Å². The van der Waals surface area contributed by atoms with Gasteiger partial charge in [-0.15, -0.1) is 0 Å². The van der Waals surface area contributed by atoms with Crippen molar-refractivity contribution in [1.29, 1.82) is 0 Å². The van der Waals surface area contributed by atoms with Crippen LogP contribution in [0, 0.1) is 0 Å². The van der Waals surface area contributed by atoms with Crippen LogP contribution in [0.1, 0.15) is 29.8 Å². The van der Waals surface area contributed by atoms with Crippen LogP contribution in [0.2, 0.25) is 5.02 Å². The number of amides is 1. The molecule has 0 aliphatic heterocycles. The SMILES string of the molecule is CCOc1ncccc1C(=O)NCC(C)(OC)c1cccc(Cl)c1. The van der Waals surface area contributed by atoms with Crippen molar-refractivity contribution in [2.75, 3.05) is 20.3 Å². The number of hydrogen-bond donors (Lipinski definition) is 1. The lowest BCUT2D eigenvalue weighted by Crippen LogP contribution is -2.40. The molecule has 6 heteroatoms. The average Bonchev–Trinajstić information content (AvgIpc) is 2.60. The molecule has 128 valence electrons. The summed E-state index contributed by atoms with van der Waals surface area (Å²) in [6.07, 6.45) is 1.59. The van der Waals surface area contributed by atoms with Gasteiger partial charge in [0, 0.05) is 18.3 Å². The predicted molar refractivity (Wildman–Crippen MR) is 93.6 cm³/mol. The fourth-order valence-corrected chi connectivity index (χ4v) is 2.46. The van der Waals surface area contributed by atoms with Crippen LogP contribution in [0.4, 0.5) is 0 Å². The Labute approximate surface area is 147 Å². The van der Waals surface area contributed by atoms with Gasteiger partial charge in [-0.1, -0.05) is 23.7 Å². The van der Waals surface area contributed by atoms with Crippen molar-refractivity contribution in [3.05, 3.63) is 58.7 Å². The Morgan fingerprint density at radius 3 is 2.79 bits per heavy atom. The maximum absolute atomic E-state index is 12.5. The quantitative estimate of drug-likeness (QED) is 0.832. The third-order valence-corrected chi connectivity index (χ3v) is 4.00. The Hall–Kier alpha value is -2.11. The molecule has 0 radical (unpaired) electrons. The molecule has 24 heavy (non-hydrogen) atoms. The summed E-state index contributed by atoms with van der Waals surface area (Å²) < 4.78 is 11.0. The lowest BCUT2D eigenvalue weighted by molar-refractivity contribution is 0.00312. The van der Waals surface area contributed by atoms with Gasteiger partial charge in [-0.2, -0.15) is 0 Å². The van der Waals surface area contributed by atoms with E-state index in [1.165, 1.54) is 0 Å². The number of hydrogen-bond acceptors (Lipinski definition) is 4. The molecule has 1 aromatic carbocycles. The van der Waals surface area contributed by atoms with Crippen LogP contribution in [-0.2, 0) is 10.3 Å². The number of benzene rings is 1. The number of methoxy groups -OCH3 is 1. The highest BCUT2D eigenvalue weighted by atomic mass is 35.5. The van der Waals surface area contributed by atoms with Gasteiger partial charge in [0.1, 0.15) is 11.2 Å². The smallest absolute Gasteiger partial charge is 0.256 e. The number of ether oxygens (including phenoxy) is 2. The number of carbonyl (C=O) groups excluding carboxylic acids is 1. The predicted octanol–water partition coefficient (Wildman–Crippen LogP) is 3.43. The molecule has 1 atom stereocenters. The number of carbonyl (C=O) groups is 1. The van der Waals surface area contributed by atoms with Gasteiger partial charge >= 0.3 is 0 Å². The Balaban J connectivity index is 2.15. The molecule has 2 rings (SSSR count). The minimum atomic E-state index is -0.700. The van der Waals surface area contributed by atoms with E-state index in [1.807, 2.05) is 32.0 Å². The van der Waals surface area contributed by atoms with Crippen molar-refractivity contribution in [3.63, 3.8) is 0 Å². The highest BCUT2D eigenvalue weighted by Gasteiger charge is 2.28. The van der Waals surface area contributed by atoms with Crippen molar-refractivity contribution in [3.8, 4) is 5.88 Å². The van der Waals surface area contributed by atoms with Gasteiger partial charge in [-0.25, -0.2) is 4.98 Å². The van der Waals surface area contributed by atoms with E-state index >= 15 is 0 Å². The van der Waals surface area contributed by atoms with Gasteiger partial charge in [0.15, 0.2) is 0 Å². The first-order chi connectivity index (χ1) is 11.5. The largest absolute Gasteiger partial charge is 0.477 e. The molecular formula is C18H21ClN2O3. The summed E-state index contributed by atoms with van der Waals surface area (Å²) in [5.74, 6) is 0.0521. The number of nitrogens with zero attached hydrogens (tertiary/aromatic N) is 1. The lowest BCUT2D eigenvalue weighted by atomic mass is 9.95. The fraction of sp³-hybridized carbons (Fsp3) is 0.333. The van der Waals surface area contributed by atoms with Crippen LogP contribution in [-0.4, -0.2) is 31.2 Å². The summed E-state index contributed by atoms with van der Waals surface area (Å²) in [4.78, 5) is 16.6. The zero-order valence-electron chi connectivity index (χ0n) is 14.0. The molecule has 0 saturated carbocycles. The molecule has 0 fully saturated rings. The van der Waals surface area contributed by atoms with Gasteiger partial charge in [-0.05, 0) is 43.7 Å². The van der Waals surface area contributed by atoms with Crippen LogP contribution >= 0.6 is 11.6 Å². The normalized spacial score (nSPS) is 13.2. The van der Waals surface area contributed by atoms with E-state index in [9.17, 15) is 4.79 Å². The van der Waals surface area contributed by atoms with Crippen LogP contribution < -0.4 is 10.1 Å². The molecule has 1 N–H and O–H groups in total. The molecule has 1 aromatic heterocycles. The highest BCUT2D eigenvalue weighted by Crippen LogP contribution is 2.26. The van der Waals surface area contributed by atoms with Crippen molar-refractivity contribution in [2.24, 2.45) is 0 Å². The minimum absolute atomic E-state index is 0.267. The Kier molecular flexibility index (Phi) is 6.17. The first-order valence-electron chi connectivity index (χ1n) is 7.67. The minimum Gasteiger partial charge on any atom is -0.477 e. The average molecular weight is 349 g/mol. The first-order valence-corrected chi connectivity index (χ1v) is 8.05. The number of pyridine rings is 1. The molecule has 2 aromatic rings. The molecule has 0 saturated heterocycles. The first kappa shape index (κ1) is 18.2. The maximum Gasteiger partial charge on any atom is 0.256 e. The van der Waals surface area contributed by atoms with Crippen LogP contribution in [0.3, 0.4) is 0 Å². The molecule has 5 nitrogen and oxygen atoms in total. The molecule has 1 amide bonds. The molecule has 0 spiro atoms. The van der Waals surface area contributed by atoms with Gasteiger partial charge in [0.2, 0.25) is 5.88 Å². The summed E-state index contributed by atoms with van der Waals surface area (Å²) in [5, 5.41) is 3.50. The summed E-state index contributed by atoms with van der Waals surface area (Å²) in [6, 6.07) is 10.8. The second-order valence-corrected chi connectivity index (χ2v) is 5.85. The summed E-state index contributed by atoms with van der Waals surface area (Å²) in [6.45, 7) is 4.46. The number of halogens is 1. The fourth-order valence-electron chi connectivity index (χ4n) is 2.27. The topological polar surface area (TPSA) is 60.5 Å². The third kappa shape index (κ3) is 4.24. The second-order valence-electron chi connectivity index (χ2n) is 5.42. The van der Waals surface area contributed by atoms with Crippen molar-refractivity contribution in [2.45, 2.75) is 19.4 Å². The Bertz CT molecular complexity index is 708. The zero-order chi connectivity index (χ0) is 17.6. The van der Waals surface area contributed by atoms with Crippen LogP contribution in [0.15, 0.2) is 42.6 Å². The van der Waals surface area contributed by atoms with E-state index in [4.69, 9.17) is 21.1 Å². The second kappa shape index (κ2) is 8.13. The van der Waals surface area contributed by atoms with E-state index < -0.39 is 5.60 Å². The molecule has 0 aliphatic carbocycles. The summed E-state index contributed by atoms with van der Waals surface area (Å²) >= 11 is 6.05. The summed E-state index contributed by atoms with van der Waals surface area (Å²) in [5.41, 5.74) is 0.576. The Morgan fingerprint density at radius 2 is 2.12 bits per heavy atom. The van der Waals surface area contributed by atoms with Crippen molar-refractivity contribution >= 4 is 17.5 Å². The number of aromatic nitrogens is 1. The van der Waals surface area contributed by atoms with E-state index in [1.54, 1.807) is 31.5 Å². The highest BCUT2D eigenvalue weighted by molar-refractivity contribution is 6.30. The molecular weight excluding hydrogens is 328 g/mol. The summed E-state index contributed by atoms with van der Waals surface area (Å²) in [7, 11) is 1.60.